The van der Waals surface area contributed by atoms with Crippen LogP contribution in [0, 0.1) is 0 Å². The van der Waals surface area contributed by atoms with Crippen molar-refractivity contribution in [3.05, 3.63) is 0 Å². The molecule has 2 N–H and O–H groups in total. The molecule has 0 unspecified atom stereocenters. The van der Waals surface area contributed by atoms with Gasteiger partial charge in [0.15, 0.2) is 0 Å². The Morgan fingerprint density at radius 1 is 1.50 bits per heavy atom. The Morgan fingerprint density at radius 2 is 2.17 bits per heavy atom. The molecule has 2 amide bonds. The quantitative estimate of drug-likeness (QED) is 0.477. The molecule has 0 heterocycles. The molecule has 0 rings (SSSR count). The SMILES string of the molecule is CNC(=O)OCCNC(=O)CCl. The summed E-state index contributed by atoms with van der Waals surface area (Å²) < 4.78 is 4.58. The highest BCUT2D eigenvalue weighted by Gasteiger charge is 1.98. The fourth-order valence-electron chi connectivity index (χ4n) is 0.454. The molecular formula is C6H11ClN2O3. The summed E-state index contributed by atoms with van der Waals surface area (Å²) in [6.45, 7) is 0.418. The van der Waals surface area contributed by atoms with E-state index < -0.39 is 6.09 Å². The Hall–Kier alpha value is -0.970. The second-order valence-corrected chi connectivity index (χ2v) is 2.14. The fourth-order valence-corrected chi connectivity index (χ4v) is 0.548. The number of hydrogen-bond donors (Lipinski definition) is 2. The first-order valence-electron chi connectivity index (χ1n) is 3.38. The van der Waals surface area contributed by atoms with Crippen LogP contribution >= 0.6 is 11.6 Å². The minimum absolute atomic E-state index is 0.0834. The van der Waals surface area contributed by atoms with Crippen LogP contribution in [0.2, 0.25) is 0 Å². The molecule has 12 heavy (non-hydrogen) atoms. The van der Waals surface area contributed by atoms with E-state index in [4.69, 9.17) is 11.6 Å². The van der Waals surface area contributed by atoms with Crippen LogP contribution in [0.5, 0.6) is 0 Å². The second kappa shape index (κ2) is 6.72. The fraction of sp³-hybridized carbons (Fsp3) is 0.667. The zero-order chi connectivity index (χ0) is 9.40. The van der Waals surface area contributed by atoms with Crippen molar-refractivity contribution in [1.29, 1.82) is 0 Å². The molecule has 5 nitrogen and oxygen atoms in total. The van der Waals surface area contributed by atoms with Crippen molar-refractivity contribution in [3.63, 3.8) is 0 Å². The number of halogens is 1. The summed E-state index contributed by atoms with van der Waals surface area (Å²) in [6.07, 6.45) is -0.518. The molecule has 0 aromatic heterocycles. The van der Waals surface area contributed by atoms with Crippen molar-refractivity contribution >= 4 is 23.6 Å². The van der Waals surface area contributed by atoms with Gasteiger partial charge in [0.05, 0.1) is 6.54 Å². The predicted molar refractivity (Wildman–Crippen MR) is 44.1 cm³/mol. The van der Waals surface area contributed by atoms with Gasteiger partial charge in [-0.15, -0.1) is 11.6 Å². The molecular weight excluding hydrogens is 184 g/mol. The summed E-state index contributed by atoms with van der Waals surface area (Å²) in [4.78, 5) is 21.0. The number of hydrogen-bond acceptors (Lipinski definition) is 3. The third-order valence-electron chi connectivity index (χ3n) is 0.983. The summed E-state index contributed by atoms with van der Waals surface area (Å²) in [6, 6.07) is 0. The molecule has 0 fully saturated rings. The molecule has 0 aromatic rings. The average molecular weight is 195 g/mol. The molecule has 0 aliphatic rings. The van der Waals surface area contributed by atoms with Gasteiger partial charge in [-0.25, -0.2) is 4.79 Å². The molecule has 0 aliphatic heterocycles. The molecule has 0 bridgehead atoms. The zero-order valence-electron chi connectivity index (χ0n) is 6.72. The molecule has 0 radical (unpaired) electrons. The van der Waals surface area contributed by atoms with E-state index in [0.29, 0.717) is 0 Å². The Morgan fingerprint density at radius 3 is 2.67 bits per heavy atom. The number of nitrogens with one attached hydrogen (secondary N) is 2. The first kappa shape index (κ1) is 11.0. The Labute approximate surface area is 75.4 Å². The van der Waals surface area contributed by atoms with E-state index in [1.54, 1.807) is 0 Å². The topological polar surface area (TPSA) is 67.4 Å². The van der Waals surface area contributed by atoms with Crippen LogP contribution in [0.4, 0.5) is 4.79 Å². The highest BCUT2D eigenvalue weighted by molar-refractivity contribution is 6.27. The van der Waals surface area contributed by atoms with Crippen LogP contribution in [0.1, 0.15) is 0 Å². The number of rotatable bonds is 4. The van der Waals surface area contributed by atoms with Gasteiger partial charge in [0, 0.05) is 7.05 Å². The van der Waals surface area contributed by atoms with E-state index >= 15 is 0 Å². The lowest BCUT2D eigenvalue weighted by atomic mass is 10.6. The maximum absolute atomic E-state index is 10.5. The smallest absolute Gasteiger partial charge is 0.406 e. The van der Waals surface area contributed by atoms with Crippen LogP contribution < -0.4 is 10.6 Å². The molecule has 70 valence electrons. The predicted octanol–water partition coefficient (Wildman–Crippen LogP) is -0.303. The first-order chi connectivity index (χ1) is 5.70. The van der Waals surface area contributed by atoms with Gasteiger partial charge >= 0.3 is 6.09 Å². The van der Waals surface area contributed by atoms with Gasteiger partial charge < -0.3 is 15.4 Å². The number of alkyl carbamates (subject to hydrolysis) is 1. The Bertz CT molecular complexity index is 145. The molecule has 0 spiro atoms. The summed E-state index contributed by atoms with van der Waals surface area (Å²) in [5.41, 5.74) is 0. The number of carbonyl (C=O) groups is 2. The molecule has 0 saturated carbocycles. The third-order valence-corrected chi connectivity index (χ3v) is 1.23. The highest BCUT2D eigenvalue weighted by atomic mass is 35.5. The number of ether oxygens (including phenoxy) is 1. The van der Waals surface area contributed by atoms with Crippen LogP contribution in [0.3, 0.4) is 0 Å². The third kappa shape index (κ3) is 5.79. The lowest BCUT2D eigenvalue weighted by Crippen LogP contribution is -2.30. The van der Waals surface area contributed by atoms with Gasteiger partial charge in [0.1, 0.15) is 12.5 Å². The standard InChI is InChI=1S/C6H11ClN2O3/c1-8-6(11)12-3-2-9-5(10)4-7/h2-4H2,1H3,(H,8,11)(H,9,10). The van der Waals surface area contributed by atoms with E-state index in [9.17, 15) is 9.59 Å². The summed E-state index contributed by atoms with van der Waals surface area (Å²) in [5, 5.41) is 4.70. The van der Waals surface area contributed by atoms with Crippen molar-refractivity contribution in [2.45, 2.75) is 0 Å². The Kier molecular flexibility index (Phi) is 6.18. The zero-order valence-corrected chi connectivity index (χ0v) is 7.48. The van der Waals surface area contributed by atoms with Gasteiger partial charge in [-0.1, -0.05) is 0 Å². The van der Waals surface area contributed by atoms with Crippen LogP contribution in [-0.4, -0.2) is 38.1 Å². The van der Waals surface area contributed by atoms with Crippen molar-refractivity contribution in [1.82, 2.24) is 10.6 Å². The summed E-state index contributed by atoms with van der Waals surface area (Å²) >= 11 is 5.19. The number of amides is 2. The number of carbonyl (C=O) groups excluding carboxylic acids is 2. The van der Waals surface area contributed by atoms with Gasteiger partial charge in [0.25, 0.3) is 0 Å². The van der Waals surface area contributed by atoms with Gasteiger partial charge in [0.2, 0.25) is 5.91 Å². The molecule has 0 aliphatic carbocycles. The maximum atomic E-state index is 10.5. The lowest BCUT2D eigenvalue weighted by molar-refractivity contribution is -0.118. The second-order valence-electron chi connectivity index (χ2n) is 1.87. The summed E-state index contributed by atoms with van der Waals surface area (Å²) in [7, 11) is 1.46. The molecule has 0 saturated heterocycles. The minimum Gasteiger partial charge on any atom is -0.448 e. The van der Waals surface area contributed by atoms with E-state index in [2.05, 4.69) is 15.4 Å². The first-order valence-corrected chi connectivity index (χ1v) is 3.91. The van der Waals surface area contributed by atoms with E-state index in [1.165, 1.54) is 7.05 Å². The maximum Gasteiger partial charge on any atom is 0.406 e. The highest BCUT2D eigenvalue weighted by Crippen LogP contribution is 1.76. The molecule has 6 heteroatoms. The van der Waals surface area contributed by atoms with E-state index in [1.807, 2.05) is 0 Å². The largest absolute Gasteiger partial charge is 0.448 e. The van der Waals surface area contributed by atoms with Crippen LogP contribution in [0.25, 0.3) is 0 Å². The van der Waals surface area contributed by atoms with Crippen molar-refractivity contribution < 1.29 is 14.3 Å². The lowest BCUT2D eigenvalue weighted by Gasteiger charge is -2.03. The number of alkyl halides is 1. The normalized spacial score (nSPS) is 8.83. The van der Waals surface area contributed by atoms with Gasteiger partial charge in [-0.3, -0.25) is 4.79 Å². The molecule has 0 aromatic carbocycles. The van der Waals surface area contributed by atoms with Crippen molar-refractivity contribution in [2.24, 2.45) is 0 Å². The minimum atomic E-state index is -0.518. The summed E-state index contributed by atoms with van der Waals surface area (Å²) in [5.74, 6) is -0.364. The van der Waals surface area contributed by atoms with E-state index in [0.717, 1.165) is 0 Å². The monoisotopic (exact) mass is 194 g/mol. The van der Waals surface area contributed by atoms with Crippen LogP contribution in [0.15, 0.2) is 0 Å². The van der Waals surface area contributed by atoms with E-state index in [-0.39, 0.29) is 24.9 Å². The average Bonchev–Trinajstić information content (AvgIpc) is 2.11. The van der Waals surface area contributed by atoms with Crippen molar-refractivity contribution in [3.8, 4) is 0 Å². The van der Waals surface area contributed by atoms with Gasteiger partial charge in [-0.05, 0) is 0 Å². The molecule has 0 atom stereocenters. The van der Waals surface area contributed by atoms with Crippen molar-refractivity contribution in [2.75, 3.05) is 26.1 Å². The van der Waals surface area contributed by atoms with Gasteiger partial charge in [-0.2, -0.15) is 0 Å². The Balaban J connectivity index is 3.21. The van der Waals surface area contributed by atoms with Crippen LogP contribution in [-0.2, 0) is 9.53 Å².